The number of rotatable bonds is 7. The highest BCUT2D eigenvalue weighted by Gasteiger charge is 2.44. The first-order valence-corrected chi connectivity index (χ1v) is 9.91. The molecule has 1 unspecified atom stereocenters. The third-order valence-corrected chi connectivity index (χ3v) is 6.17. The number of nitrogens with one attached hydrogen (secondary N) is 1. The van der Waals surface area contributed by atoms with Crippen LogP contribution in [-0.4, -0.2) is 44.4 Å². The Hall–Kier alpha value is -1.61. The van der Waals surface area contributed by atoms with Crippen molar-refractivity contribution < 1.29 is 22.7 Å². The maximum Gasteiger partial charge on any atom is 0.327 e. The second kappa shape index (κ2) is 7.98. The van der Waals surface area contributed by atoms with Crippen LogP contribution in [0.2, 0.25) is 0 Å². The number of halogens is 1. The summed E-state index contributed by atoms with van der Waals surface area (Å²) in [7, 11) is -3.72. The van der Waals surface area contributed by atoms with Crippen molar-refractivity contribution in [3.05, 3.63) is 28.2 Å². The number of amides is 1. The molecule has 0 heterocycles. The topological polar surface area (TPSA) is 116 Å². The van der Waals surface area contributed by atoms with Crippen molar-refractivity contribution >= 4 is 43.3 Å². The maximum absolute atomic E-state index is 12.1. The molecular formula is C15H21BrN2O5S. The predicted octanol–water partition coefficient (Wildman–Crippen LogP) is 1.52. The minimum atomic E-state index is -3.72. The summed E-state index contributed by atoms with van der Waals surface area (Å²) >= 11 is 3.25. The Kier molecular flexibility index (Phi) is 6.79. The van der Waals surface area contributed by atoms with Crippen LogP contribution in [0, 0.1) is 0 Å². The molecule has 0 aliphatic heterocycles. The van der Waals surface area contributed by atoms with Crippen LogP contribution in [0.5, 0.6) is 0 Å². The lowest BCUT2D eigenvalue weighted by molar-refractivity contribution is -0.146. The predicted molar refractivity (Wildman–Crippen MR) is 95.4 cm³/mol. The van der Waals surface area contributed by atoms with Crippen LogP contribution in [0.1, 0.15) is 30.6 Å². The molecular weight excluding hydrogens is 400 g/mol. The molecule has 0 saturated heterocycles. The average molecular weight is 421 g/mol. The Morgan fingerprint density at radius 3 is 2.50 bits per heavy atom. The number of esters is 1. The van der Waals surface area contributed by atoms with Crippen LogP contribution >= 0.6 is 15.9 Å². The van der Waals surface area contributed by atoms with Gasteiger partial charge >= 0.3 is 5.97 Å². The lowest BCUT2D eigenvalue weighted by Gasteiger charge is -2.25. The first kappa shape index (κ1) is 20.4. The van der Waals surface area contributed by atoms with Crippen LogP contribution < -0.4 is 11.1 Å². The summed E-state index contributed by atoms with van der Waals surface area (Å²) < 4.78 is 27.8. The number of hydrogen-bond donors (Lipinski definition) is 2. The fourth-order valence-electron chi connectivity index (χ4n) is 1.97. The molecule has 0 bridgehead atoms. The summed E-state index contributed by atoms with van der Waals surface area (Å²) in [5.74, 6) is -1.27. The van der Waals surface area contributed by atoms with Gasteiger partial charge in [-0.1, -0.05) is 15.9 Å². The van der Waals surface area contributed by atoms with E-state index in [0.29, 0.717) is 0 Å². The highest BCUT2D eigenvalue weighted by molar-refractivity contribution is 9.10. The smallest absolute Gasteiger partial charge is 0.327 e. The number of benzene rings is 1. The van der Waals surface area contributed by atoms with Crippen LogP contribution in [-0.2, 0) is 19.4 Å². The van der Waals surface area contributed by atoms with E-state index in [1.54, 1.807) is 25.1 Å². The maximum atomic E-state index is 12.1. The molecule has 1 amide bonds. The van der Waals surface area contributed by atoms with Crippen LogP contribution in [0.4, 0.5) is 5.69 Å². The van der Waals surface area contributed by atoms with Gasteiger partial charge in [-0.15, -0.1) is 0 Å². The van der Waals surface area contributed by atoms with Crippen molar-refractivity contribution in [3.8, 4) is 0 Å². The Morgan fingerprint density at radius 2 is 2.00 bits per heavy atom. The fourth-order valence-corrected chi connectivity index (χ4v) is 3.19. The van der Waals surface area contributed by atoms with E-state index in [-0.39, 0.29) is 30.8 Å². The van der Waals surface area contributed by atoms with E-state index in [0.717, 1.165) is 10.7 Å². The fraction of sp³-hybridized carbons (Fsp3) is 0.467. The molecule has 24 heavy (non-hydrogen) atoms. The first-order chi connectivity index (χ1) is 11.0. The Labute approximate surface area is 150 Å². The van der Waals surface area contributed by atoms with Crippen molar-refractivity contribution in [2.24, 2.45) is 0 Å². The van der Waals surface area contributed by atoms with E-state index in [4.69, 9.17) is 10.5 Å². The quantitative estimate of drug-likeness (QED) is 0.510. The number of hydrogen-bond acceptors (Lipinski definition) is 6. The molecule has 7 nitrogen and oxygen atoms in total. The Balaban J connectivity index is 2.82. The van der Waals surface area contributed by atoms with Gasteiger partial charge in [0.1, 0.15) is 0 Å². The Bertz CT molecular complexity index is 735. The number of sulfone groups is 1. The van der Waals surface area contributed by atoms with Crippen LogP contribution in [0.15, 0.2) is 22.7 Å². The molecule has 0 aliphatic carbocycles. The van der Waals surface area contributed by atoms with E-state index >= 15 is 0 Å². The third kappa shape index (κ3) is 4.70. The number of anilines is 1. The van der Waals surface area contributed by atoms with Gasteiger partial charge in [0.15, 0.2) is 14.6 Å². The van der Waals surface area contributed by atoms with Gasteiger partial charge in [-0.3, -0.25) is 9.59 Å². The van der Waals surface area contributed by atoms with Crippen LogP contribution in [0.25, 0.3) is 0 Å². The second-order valence-electron chi connectivity index (χ2n) is 5.46. The second-order valence-corrected chi connectivity index (χ2v) is 8.82. The molecule has 134 valence electrons. The van der Waals surface area contributed by atoms with Gasteiger partial charge in [0.2, 0.25) is 0 Å². The summed E-state index contributed by atoms with van der Waals surface area (Å²) in [5.41, 5.74) is 6.34. The molecule has 1 aromatic rings. The standard InChI is InChI=1S/C15H21BrN2O5S/c1-4-23-14(20)15(2,24(3,21)22)7-8-18-13(19)11-6-5-10(16)9-12(11)17/h5-6,9H,4,7-8,17H2,1-3H3,(H,18,19). The van der Waals surface area contributed by atoms with Gasteiger partial charge in [-0.2, -0.15) is 0 Å². The van der Waals surface area contributed by atoms with Gasteiger partial charge in [0.05, 0.1) is 12.2 Å². The minimum absolute atomic E-state index is 0.0171. The molecule has 1 atom stereocenters. The lowest BCUT2D eigenvalue weighted by atomic mass is 10.1. The van der Waals surface area contributed by atoms with Crippen LogP contribution in [0.3, 0.4) is 0 Å². The highest BCUT2D eigenvalue weighted by atomic mass is 79.9. The van der Waals surface area contributed by atoms with Crippen molar-refractivity contribution in [2.75, 3.05) is 25.1 Å². The van der Waals surface area contributed by atoms with E-state index in [1.165, 1.54) is 6.92 Å². The van der Waals surface area contributed by atoms with Crippen molar-refractivity contribution in [2.45, 2.75) is 25.0 Å². The van der Waals surface area contributed by atoms with E-state index in [2.05, 4.69) is 21.2 Å². The van der Waals surface area contributed by atoms with Gasteiger partial charge in [-0.05, 0) is 38.5 Å². The third-order valence-electron chi connectivity index (χ3n) is 3.67. The molecule has 0 fully saturated rings. The molecule has 1 rings (SSSR count). The van der Waals surface area contributed by atoms with E-state index < -0.39 is 26.5 Å². The summed E-state index contributed by atoms with van der Waals surface area (Å²) in [4.78, 5) is 24.1. The summed E-state index contributed by atoms with van der Waals surface area (Å²) in [6.07, 6.45) is 0.866. The number of nitrogens with two attached hydrogens (primary N) is 1. The number of carbonyl (C=O) groups is 2. The van der Waals surface area contributed by atoms with Gasteiger partial charge in [0, 0.05) is 23.0 Å². The molecule has 3 N–H and O–H groups in total. The van der Waals surface area contributed by atoms with Crippen molar-refractivity contribution in [1.82, 2.24) is 5.32 Å². The van der Waals surface area contributed by atoms with Gasteiger partial charge < -0.3 is 15.8 Å². The molecule has 0 aliphatic rings. The summed E-state index contributed by atoms with van der Waals surface area (Å²) in [5, 5.41) is 2.58. The monoisotopic (exact) mass is 420 g/mol. The number of nitrogen functional groups attached to an aromatic ring is 1. The zero-order valence-corrected chi connectivity index (χ0v) is 16.2. The molecule has 9 heteroatoms. The molecule has 0 radical (unpaired) electrons. The highest BCUT2D eigenvalue weighted by Crippen LogP contribution is 2.23. The zero-order valence-electron chi connectivity index (χ0n) is 13.8. The van der Waals surface area contributed by atoms with Crippen molar-refractivity contribution in [1.29, 1.82) is 0 Å². The minimum Gasteiger partial charge on any atom is -0.465 e. The summed E-state index contributed by atoms with van der Waals surface area (Å²) in [6.45, 7) is 2.95. The zero-order chi connectivity index (χ0) is 18.5. The molecule has 0 aromatic heterocycles. The molecule has 0 saturated carbocycles. The average Bonchev–Trinajstić information content (AvgIpc) is 2.45. The lowest BCUT2D eigenvalue weighted by Crippen LogP contribution is -2.46. The van der Waals surface area contributed by atoms with E-state index in [9.17, 15) is 18.0 Å². The molecule has 1 aromatic carbocycles. The first-order valence-electron chi connectivity index (χ1n) is 7.23. The van der Waals surface area contributed by atoms with Gasteiger partial charge in [-0.25, -0.2) is 8.42 Å². The SMILES string of the molecule is CCOC(=O)C(C)(CCNC(=O)c1ccc(Br)cc1N)S(C)(=O)=O. The van der Waals surface area contributed by atoms with Crippen molar-refractivity contribution in [3.63, 3.8) is 0 Å². The normalized spacial score (nSPS) is 13.8. The summed E-state index contributed by atoms with van der Waals surface area (Å²) in [6, 6.07) is 4.81. The largest absolute Gasteiger partial charge is 0.465 e. The van der Waals surface area contributed by atoms with Gasteiger partial charge in [0.25, 0.3) is 5.91 Å². The Morgan fingerprint density at radius 1 is 1.38 bits per heavy atom. The molecule has 0 spiro atoms. The number of ether oxygens (including phenoxy) is 1. The van der Waals surface area contributed by atoms with E-state index in [1.807, 2.05) is 0 Å². The number of carbonyl (C=O) groups excluding carboxylic acids is 2.